The fourth-order valence-electron chi connectivity index (χ4n) is 2.11. The normalized spacial score (nSPS) is 18.2. The molecule has 18 heavy (non-hydrogen) atoms. The van der Waals surface area contributed by atoms with Crippen molar-refractivity contribution in [3.63, 3.8) is 0 Å². The smallest absolute Gasteiger partial charge is 0.222 e. The van der Waals surface area contributed by atoms with Gasteiger partial charge in [0.2, 0.25) is 5.91 Å². The Kier molecular flexibility index (Phi) is 4.40. The van der Waals surface area contributed by atoms with E-state index in [0.717, 1.165) is 10.0 Å². The first-order valence-corrected chi connectivity index (χ1v) is 7.16. The molecule has 1 aliphatic rings. The quantitative estimate of drug-likeness (QED) is 0.878. The van der Waals surface area contributed by atoms with E-state index < -0.39 is 0 Å². The van der Waals surface area contributed by atoms with Gasteiger partial charge >= 0.3 is 0 Å². The topological polar surface area (TPSA) is 55.1 Å². The molecule has 1 aromatic carbocycles. The highest BCUT2D eigenvalue weighted by atomic mass is 79.9. The minimum absolute atomic E-state index is 0.000483. The second-order valence-electron chi connectivity index (χ2n) is 5.02. The lowest BCUT2D eigenvalue weighted by Gasteiger charge is -2.17. The van der Waals surface area contributed by atoms with Crippen LogP contribution in [-0.2, 0) is 4.79 Å². The van der Waals surface area contributed by atoms with E-state index in [1.54, 1.807) is 0 Å². The Bertz CT molecular complexity index is 432. The number of halogens is 1. The van der Waals surface area contributed by atoms with Gasteiger partial charge in [-0.3, -0.25) is 4.79 Å². The van der Waals surface area contributed by atoms with E-state index >= 15 is 0 Å². The fourth-order valence-corrected chi connectivity index (χ4v) is 2.74. The second kappa shape index (κ2) is 5.85. The van der Waals surface area contributed by atoms with Crippen molar-refractivity contribution in [1.82, 2.24) is 5.32 Å². The summed E-state index contributed by atoms with van der Waals surface area (Å²) in [6, 6.07) is 7.95. The molecule has 0 aliphatic heterocycles. The van der Waals surface area contributed by atoms with Gasteiger partial charge in [0.05, 0.1) is 6.04 Å². The third-order valence-corrected chi connectivity index (χ3v) is 4.12. The lowest BCUT2D eigenvalue weighted by Crippen LogP contribution is -2.34. The largest absolute Gasteiger partial charge is 0.349 e. The highest BCUT2D eigenvalue weighted by molar-refractivity contribution is 9.10. The number of nitrogens with one attached hydrogen (secondary N) is 1. The van der Waals surface area contributed by atoms with Crippen LogP contribution in [0.5, 0.6) is 0 Å². The Balaban J connectivity index is 1.88. The Hall–Kier alpha value is -0.870. The molecule has 0 saturated heterocycles. The highest BCUT2D eigenvalue weighted by Crippen LogP contribution is 2.32. The summed E-state index contributed by atoms with van der Waals surface area (Å²) in [4.78, 5) is 11.9. The molecule has 0 spiro atoms. The Labute approximate surface area is 116 Å². The zero-order valence-electron chi connectivity index (χ0n) is 10.5. The Morgan fingerprint density at radius 3 is 2.78 bits per heavy atom. The standard InChI is InChI=1S/C14H19BrN2O/c1-9(11-4-2-3-5-12(11)15)17-14(18)8-13(16)10-6-7-10/h2-5,9-10,13H,6-8,16H2,1H3,(H,17,18)/t9-,13?/m0/s1. The van der Waals surface area contributed by atoms with E-state index in [-0.39, 0.29) is 18.0 Å². The van der Waals surface area contributed by atoms with Crippen molar-refractivity contribution in [2.45, 2.75) is 38.3 Å². The third kappa shape index (κ3) is 3.56. The van der Waals surface area contributed by atoms with E-state index in [0.29, 0.717) is 12.3 Å². The molecule has 4 heteroatoms. The second-order valence-corrected chi connectivity index (χ2v) is 5.87. The molecule has 3 N–H and O–H groups in total. The van der Waals surface area contributed by atoms with Crippen LogP contribution in [0.1, 0.15) is 37.8 Å². The molecule has 0 aromatic heterocycles. The summed E-state index contributed by atoms with van der Waals surface area (Å²) in [5.74, 6) is 0.604. The number of amides is 1. The van der Waals surface area contributed by atoms with Crippen molar-refractivity contribution in [2.75, 3.05) is 0 Å². The Morgan fingerprint density at radius 2 is 2.17 bits per heavy atom. The summed E-state index contributed by atoms with van der Waals surface area (Å²) in [7, 11) is 0. The van der Waals surface area contributed by atoms with E-state index in [1.807, 2.05) is 31.2 Å². The van der Waals surface area contributed by atoms with Gasteiger partial charge in [0.15, 0.2) is 0 Å². The maximum atomic E-state index is 11.9. The maximum Gasteiger partial charge on any atom is 0.222 e. The van der Waals surface area contributed by atoms with Crippen LogP contribution >= 0.6 is 15.9 Å². The van der Waals surface area contributed by atoms with Gasteiger partial charge in [0, 0.05) is 16.9 Å². The van der Waals surface area contributed by atoms with E-state index in [1.165, 1.54) is 12.8 Å². The lowest BCUT2D eigenvalue weighted by molar-refractivity contribution is -0.122. The summed E-state index contributed by atoms with van der Waals surface area (Å²) >= 11 is 3.49. The average molecular weight is 311 g/mol. The monoisotopic (exact) mass is 310 g/mol. The summed E-state index contributed by atoms with van der Waals surface area (Å²) in [6.45, 7) is 1.99. The van der Waals surface area contributed by atoms with Crippen molar-refractivity contribution in [3.05, 3.63) is 34.3 Å². The van der Waals surface area contributed by atoms with Crippen LogP contribution < -0.4 is 11.1 Å². The third-order valence-electron chi connectivity index (χ3n) is 3.40. The summed E-state index contributed by atoms with van der Waals surface area (Å²) < 4.78 is 1.02. The van der Waals surface area contributed by atoms with Gasteiger partial charge in [0.25, 0.3) is 0 Å². The van der Waals surface area contributed by atoms with E-state index in [9.17, 15) is 4.79 Å². The molecular weight excluding hydrogens is 292 g/mol. The maximum absolute atomic E-state index is 11.9. The van der Waals surface area contributed by atoms with Crippen LogP contribution in [0.4, 0.5) is 0 Å². The zero-order chi connectivity index (χ0) is 13.1. The number of hydrogen-bond donors (Lipinski definition) is 2. The van der Waals surface area contributed by atoms with Crippen molar-refractivity contribution >= 4 is 21.8 Å². The van der Waals surface area contributed by atoms with E-state index in [4.69, 9.17) is 5.73 Å². The minimum Gasteiger partial charge on any atom is -0.349 e. The predicted octanol–water partition coefficient (Wildman–Crippen LogP) is 2.75. The molecule has 1 unspecified atom stereocenters. The van der Waals surface area contributed by atoms with E-state index in [2.05, 4.69) is 21.2 Å². The number of carbonyl (C=O) groups excluding carboxylic acids is 1. The van der Waals surface area contributed by atoms with Gasteiger partial charge in [0.1, 0.15) is 0 Å². The number of benzene rings is 1. The van der Waals surface area contributed by atoms with Crippen LogP contribution in [0.2, 0.25) is 0 Å². The molecule has 1 aromatic rings. The fraction of sp³-hybridized carbons (Fsp3) is 0.500. The number of nitrogens with two attached hydrogens (primary N) is 1. The summed E-state index contributed by atoms with van der Waals surface area (Å²) in [5, 5.41) is 3.00. The molecule has 0 heterocycles. The zero-order valence-corrected chi connectivity index (χ0v) is 12.1. The summed E-state index contributed by atoms with van der Waals surface area (Å²) in [5.41, 5.74) is 7.04. The molecule has 2 rings (SSSR count). The molecule has 0 radical (unpaired) electrons. The van der Waals surface area contributed by atoms with Crippen molar-refractivity contribution in [1.29, 1.82) is 0 Å². The van der Waals surface area contributed by atoms with Crippen LogP contribution in [0.25, 0.3) is 0 Å². The number of carbonyl (C=O) groups is 1. The van der Waals surface area contributed by atoms with Gasteiger partial charge in [-0.1, -0.05) is 34.1 Å². The lowest BCUT2D eigenvalue weighted by atomic mass is 10.1. The average Bonchev–Trinajstić information content (AvgIpc) is 3.12. The molecule has 98 valence electrons. The van der Waals surface area contributed by atoms with Gasteiger partial charge < -0.3 is 11.1 Å². The molecule has 1 fully saturated rings. The van der Waals surface area contributed by atoms with Crippen LogP contribution in [-0.4, -0.2) is 11.9 Å². The number of rotatable bonds is 5. The highest BCUT2D eigenvalue weighted by Gasteiger charge is 2.30. The molecule has 2 atom stereocenters. The van der Waals surface area contributed by atoms with Gasteiger partial charge in [-0.15, -0.1) is 0 Å². The van der Waals surface area contributed by atoms with Crippen molar-refractivity contribution < 1.29 is 4.79 Å². The SMILES string of the molecule is C[C@H](NC(=O)CC(N)C1CC1)c1ccccc1Br. The van der Waals surface area contributed by atoms with Crippen LogP contribution in [0.3, 0.4) is 0 Å². The minimum atomic E-state index is -0.000483. The molecular formula is C14H19BrN2O. The first-order chi connectivity index (χ1) is 8.58. The molecule has 1 saturated carbocycles. The van der Waals surface area contributed by atoms with Crippen molar-refractivity contribution in [3.8, 4) is 0 Å². The van der Waals surface area contributed by atoms with Crippen LogP contribution in [0.15, 0.2) is 28.7 Å². The first-order valence-electron chi connectivity index (χ1n) is 6.37. The number of hydrogen-bond acceptors (Lipinski definition) is 2. The molecule has 0 bridgehead atoms. The van der Waals surface area contributed by atoms with Gasteiger partial charge in [-0.25, -0.2) is 0 Å². The van der Waals surface area contributed by atoms with Crippen LogP contribution in [0, 0.1) is 5.92 Å². The first kappa shape index (κ1) is 13.6. The van der Waals surface area contributed by atoms with Gasteiger partial charge in [-0.05, 0) is 37.3 Å². The van der Waals surface area contributed by atoms with Crippen molar-refractivity contribution in [2.24, 2.45) is 11.7 Å². The molecule has 3 nitrogen and oxygen atoms in total. The molecule has 1 aliphatic carbocycles. The van der Waals surface area contributed by atoms with Gasteiger partial charge in [-0.2, -0.15) is 0 Å². The predicted molar refractivity (Wildman–Crippen MR) is 76.0 cm³/mol. The summed E-state index contributed by atoms with van der Waals surface area (Å²) in [6.07, 6.45) is 2.78. The molecule has 1 amide bonds. The Morgan fingerprint density at radius 1 is 1.50 bits per heavy atom.